The van der Waals surface area contributed by atoms with Crippen molar-refractivity contribution < 1.29 is 9.90 Å². The number of nitrogens with one attached hydrogen (secondary N) is 1. The molecule has 0 aliphatic carbocycles. The number of aliphatic hydroxyl groups excluding tert-OH is 1. The molecule has 0 aliphatic rings. The Balaban J connectivity index is 1.91. The van der Waals surface area contributed by atoms with Crippen LogP contribution in [0.4, 0.5) is 0 Å². The van der Waals surface area contributed by atoms with E-state index in [1.54, 1.807) is 0 Å². The van der Waals surface area contributed by atoms with Gasteiger partial charge in [0, 0.05) is 23.6 Å². The molecule has 0 saturated carbocycles. The lowest BCUT2D eigenvalue weighted by Gasteiger charge is -2.15. The van der Waals surface area contributed by atoms with Gasteiger partial charge in [-0.05, 0) is 35.2 Å². The molecule has 3 aromatic rings. The predicted octanol–water partition coefficient (Wildman–Crippen LogP) is 1.85. The highest BCUT2D eigenvalue weighted by Crippen LogP contribution is 2.29. The molecule has 1 heterocycles. The van der Waals surface area contributed by atoms with Crippen molar-refractivity contribution in [2.75, 3.05) is 6.54 Å². The van der Waals surface area contributed by atoms with Crippen molar-refractivity contribution in [2.45, 2.75) is 12.5 Å². The number of hydrogen-bond donors (Lipinski definition) is 4. The minimum Gasteiger partial charge on any atom is -0.384 e. The molecule has 0 bridgehead atoms. The van der Waals surface area contributed by atoms with Crippen LogP contribution >= 0.6 is 0 Å². The van der Waals surface area contributed by atoms with Crippen LogP contribution in [0.15, 0.2) is 54.7 Å². The number of carbonyl (C=O) groups is 1. The number of aliphatic hydroxyl groups is 1. The van der Waals surface area contributed by atoms with E-state index in [4.69, 9.17) is 11.5 Å². The van der Waals surface area contributed by atoms with E-state index in [0.29, 0.717) is 6.42 Å². The van der Waals surface area contributed by atoms with Crippen LogP contribution in [-0.2, 0) is 11.2 Å². The monoisotopic (exact) mass is 323 g/mol. The van der Waals surface area contributed by atoms with Gasteiger partial charge >= 0.3 is 0 Å². The zero-order valence-electron chi connectivity index (χ0n) is 13.3. The molecular formula is C19H21N3O2. The molecule has 1 unspecified atom stereocenters. The topological polar surface area (TPSA) is 105 Å². The molecule has 1 amide bonds. The van der Waals surface area contributed by atoms with E-state index in [1.807, 2.05) is 54.7 Å². The van der Waals surface area contributed by atoms with E-state index in [1.165, 1.54) is 0 Å². The SMILES string of the molecule is NC[C@H](Cc1cccc(C(O)c2cccc3[nH]ccc23)c1)C(N)=O. The van der Waals surface area contributed by atoms with E-state index in [0.717, 1.165) is 27.6 Å². The molecular weight excluding hydrogens is 302 g/mol. The highest BCUT2D eigenvalue weighted by Gasteiger charge is 2.17. The fourth-order valence-electron chi connectivity index (χ4n) is 3.00. The number of hydrogen-bond acceptors (Lipinski definition) is 3. The van der Waals surface area contributed by atoms with Gasteiger partial charge in [0.2, 0.25) is 5.91 Å². The summed E-state index contributed by atoms with van der Waals surface area (Å²) in [5.74, 6) is -0.800. The standard InChI is InChI=1S/C19H21N3O2/c20-11-14(19(21)24)10-12-3-1-4-13(9-12)18(23)16-5-2-6-17-15(16)7-8-22-17/h1-9,14,18,22-23H,10-11,20H2,(H2,21,24)/t14-,18?/m0/s1. The Bertz CT molecular complexity index is 856. The van der Waals surface area contributed by atoms with Gasteiger partial charge in [0.25, 0.3) is 0 Å². The molecule has 124 valence electrons. The minimum absolute atomic E-state index is 0.213. The number of amides is 1. The third-order valence-electron chi connectivity index (χ3n) is 4.36. The Kier molecular flexibility index (Phi) is 4.64. The van der Waals surface area contributed by atoms with Crippen molar-refractivity contribution in [3.05, 3.63) is 71.4 Å². The van der Waals surface area contributed by atoms with Crippen LogP contribution in [0.3, 0.4) is 0 Å². The summed E-state index contributed by atoms with van der Waals surface area (Å²) in [5.41, 5.74) is 14.5. The van der Waals surface area contributed by atoms with Crippen molar-refractivity contribution in [2.24, 2.45) is 17.4 Å². The summed E-state index contributed by atoms with van der Waals surface area (Å²) in [6.45, 7) is 0.213. The lowest BCUT2D eigenvalue weighted by Crippen LogP contribution is -2.31. The molecule has 0 spiro atoms. The smallest absolute Gasteiger partial charge is 0.222 e. The zero-order valence-corrected chi connectivity index (χ0v) is 13.3. The number of benzene rings is 2. The molecule has 0 aliphatic heterocycles. The van der Waals surface area contributed by atoms with Gasteiger partial charge in [0.1, 0.15) is 6.10 Å². The Hall–Kier alpha value is -2.63. The molecule has 0 saturated heterocycles. The maximum atomic E-state index is 11.4. The lowest BCUT2D eigenvalue weighted by molar-refractivity contribution is -0.121. The second-order valence-electron chi connectivity index (χ2n) is 5.97. The maximum absolute atomic E-state index is 11.4. The van der Waals surface area contributed by atoms with Crippen molar-refractivity contribution in [1.29, 1.82) is 0 Å². The van der Waals surface area contributed by atoms with Crippen LogP contribution in [0.1, 0.15) is 22.8 Å². The Morgan fingerprint density at radius 1 is 1.17 bits per heavy atom. The number of primary amides is 1. The Morgan fingerprint density at radius 3 is 2.71 bits per heavy atom. The van der Waals surface area contributed by atoms with Gasteiger partial charge in [-0.3, -0.25) is 4.79 Å². The summed E-state index contributed by atoms with van der Waals surface area (Å²) in [6, 6.07) is 15.3. The minimum atomic E-state index is -0.741. The van der Waals surface area contributed by atoms with Crippen LogP contribution in [0.2, 0.25) is 0 Å². The highest BCUT2D eigenvalue weighted by atomic mass is 16.3. The average molecular weight is 323 g/mol. The largest absolute Gasteiger partial charge is 0.384 e. The van der Waals surface area contributed by atoms with Crippen molar-refractivity contribution in [3.8, 4) is 0 Å². The van der Waals surface area contributed by atoms with Gasteiger partial charge in [-0.1, -0.05) is 36.4 Å². The molecule has 2 atom stereocenters. The fourth-order valence-corrected chi connectivity index (χ4v) is 3.00. The molecule has 5 heteroatoms. The van der Waals surface area contributed by atoms with E-state index in [9.17, 15) is 9.90 Å². The van der Waals surface area contributed by atoms with Crippen LogP contribution in [0.5, 0.6) is 0 Å². The zero-order chi connectivity index (χ0) is 17.1. The van der Waals surface area contributed by atoms with Gasteiger partial charge < -0.3 is 21.6 Å². The van der Waals surface area contributed by atoms with Crippen LogP contribution < -0.4 is 11.5 Å². The van der Waals surface area contributed by atoms with E-state index >= 15 is 0 Å². The van der Waals surface area contributed by atoms with Crippen molar-refractivity contribution >= 4 is 16.8 Å². The van der Waals surface area contributed by atoms with E-state index in [-0.39, 0.29) is 6.54 Å². The first-order chi connectivity index (χ1) is 11.6. The first-order valence-corrected chi connectivity index (χ1v) is 7.92. The van der Waals surface area contributed by atoms with Crippen LogP contribution in [-0.4, -0.2) is 22.5 Å². The van der Waals surface area contributed by atoms with Crippen molar-refractivity contribution in [3.63, 3.8) is 0 Å². The molecule has 5 nitrogen and oxygen atoms in total. The molecule has 24 heavy (non-hydrogen) atoms. The number of aromatic amines is 1. The second kappa shape index (κ2) is 6.86. The normalized spacial score (nSPS) is 13.8. The number of fused-ring (bicyclic) bond motifs is 1. The summed E-state index contributed by atoms with van der Waals surface area (Å²) in [6.07, 6.45) is 1.59. The van der Waals surface area contributed by atoms with Gasteiger partial charge in [-0.2, -0.15) is 0 Å². The van der Waals surface area contributed by atoms with Gasteiger partial charge in [-0.15, -0.1) is 0 Å². The van der Waals surface area contributed by atoms with Crippen molar-refractivity contribution in [1.82, 2.24) is 4.98 Å². The maximum Gasteiger partial charge on any atom is 0.222 e. The first-order valence-electron chi connectivity index (χ1n) is 7.92. The number of carbonyl (C=O) groups excluding carboxylic acids is 1. The molecule has 6 N–H and O–H groups in total. The Morgan fingerprint density at radius 2 is 1.96 bits per heavy atom. The summed E-state index contributed by atoms with van der Waals surface area (Å²) >= 11 is 0. The number of rotatable bonds is 6. The third-order valence-corrected chi connectivity index (χ3v) is 4.36. The number of H-pyrrole nitrogens is 1. The molecule has 0 radical (unpaired) electrons. The van der Waals surface area contributed by atoms with Crippen LogP contribution in [0.25, 0.3) is 10.9 Å². The summed E-state index contributed by atoms with van der Waals surface area (Å²) in [5, 5.41) is 11.8. The van der Waals surface area contributed by atoms with E-state index in [2.05, 4.69) is 4.98 Å². The van der Waals surface area contributed by atoms with E-state index < -0.39 is 17.9 Å². The second-order valence-corrected chi connectivity index (χ2v) is 5.97. The fraction of sp³-hybridized carbons (Fsp3) is 0.211. The summed E-state index contributed by atoms with van der Waals surface area (Å²) in [4.78, 5) is 14.5. The molecule has 0 fully saturated rings. The molecule has 1 aromatic heterocycles. The van der Waals surface area contributed by atoms with Gasteiger partial charge in [0.15, 0.2) is 0 Å². The van der Waals surface area contributed by atoms with Crippen LogP contribution in [0, 0.1) is 5.92 Å². The number of nitrogens with two attached hydrogens (primary N) is 2. The first kappa shape index (κ1) is 16.2. The quantitative estimate of drug-likeness (QED) is 0.556. The van der Waals surface area contributed by atoms with Gasteiger partial charge in [-0.25, -0.2) is 0 Å². The number of aromatic nitrogens is 1. The third kappa shape index (κ3) is 3.18. The molecule has 3 rings (SSSR count). The molecule has 2 aromatic carbocycles. The Labute approximate surface area is 140 Å². The summed E-state index contributed by atoms with van der Waals surface area (Å²) in [7, 11) is 0. The lowest BCUT2D eigenvalue weighted by atomic mass is 9.93. The average Bonchev–Trinajstić information content (AvgIpc) is 3.07. The highest BCUT2D eigenvalue weighted by molar-refractivity contribution is 5.83. The summed E-state index contributed by atoms with van der Waals surface area (Å²) < 4.78 is 0. The van der Waals surface area contributed by atoms with Gasteiger partial charge in [0.05, 0.1) is 5.92 Å². The predicted molar refractivity (Wildman–Crippen MR) is 94.2 cm³/mol.